The van der Waals surface area contributed by atoms with Gasteiger partial charge in [0.15, 0.2) is 8.32 Å². The van der Waals surface area contributed by atoms with E-state index in [2.05, 4.69) is 40.8 Å². The van der Waals surface area contributed by atoms with E-state index in [1.165, 1.54) is 0 Å². The van der Waals surface area contributed by atoms with Gasteiger partial charge in [-0.15, -0.1) is 0 Å². The maximum Gasteiger partial charge on any atom is 0.192 e. The highest BCUT2D eigenvalue weighted by molar-refractivity contribution is 6.74. The van der Waals surface area contributed by atoms with Gasteiger partial charge in [0.25, 0.3) is 0 Å². The van der Waals surface area contributed by atoms with E-state index in [1.54, 1.807) is 0 Å². The summed E-state index contributed by atoms with van der Waals surface area (Å²) in [6.45, 7) is 15.1. The normalized spacial score (nSPS) is 38.5. The lowest BCUT2D eigenvalue weighted by atomic mass is 10.0. The minimum Gasteiger partial charge on any atom is -0.409 e. The zero-order valence-corrected chi connectivity index (χ0v) is 12.9. The molecule has 0 spiro atoms. The first kappa shape index (κ1) is 13.5. The second-order valence-electron chi connectivity index (χ2n) is 6.99. The van der Waals surface area contributed by atoms with E-state index in [1.807, 2.05) is 0 Å². The third-order valence-corrected chi connectivity index (χ3v) is 9.01. The summed E-state index contributed by atoms with van der Waals surface area (Å²) >= 11 is 0. The average molecular weight is 258 g/mol. The third kappa shape index (κ3) is 2.45. The molecule has 0 aliphatic carbocycles. The SMILES string of the molecule is C[C@@H]1CO[C@@H]2[C@@H]1OC[C@H]2O[Si](C)(C)C(C)(C)C. The van der Waals surface area contributed by atoms with Crippen LogP contribution in [0.1, 0.15) is 27.7 Å². The van der Waals surface area contributed by atoms with Gasteiger partial charge in [0, 0.05) is 5.92 Å². The zero-order valence-electron chi connectivity index (χ0n) is 11.9. The average Bonchev–Trinajstić information content (AvgIpc) is 2.70. The second-order valence-corrected chi connectivity index (χ2v) is 11.7. The molecule has 2 fully saturated rings. The molecule has 2 saturated heterocycles. The van der Waals surface area contributed by atoms with Crippen molar-refractivity contribution in [2.75, 3.05) is 13.2 Å². The van der Waals surface area contributed by atoms with Crippen molar-refractivity contribution in [3.05, 3.63) is 0 Å². The van der Waals surface area contributed by atoms with Gasteiger partial charge in [-0.05, 0) is 18.1 Å². The van der Waals surface area contributed by atoms with Crippen molar-refractivity contribution < 1.29 is 13.9 Å². The topological polar surface area (TPSA) is 27.7 Å². The van der Waals surface area contributed by atoms with Gasteiger partial charge in [-0.3, -0.25) is 0 Å². The van der Waals surface area contributed by atoms with Crippen molar-refractivity contribution in [3.63, 3.8) is 0 Å². The summed E-state index contributed by atoms with van der Waals surface area (Å²) in [4.78, 5) is 0. The van der Waals surface area contributed by atoms with Crippen LogP contribution in [-0.4, -0.2) is 39.8 Å². The molecule has 0 amide bonds. The Morgan fingerprint density at radius 3 is 2.24 bits per heavy atom. The summed E-state index contributed by atoms with van der Waals surface area (Å²) in [5.41, 5.74) is 0. The molecule has 0 bridgehead atoms. The molecule has 3 nitrogen and oxygen atoms in total. The van der Waals surface area contributed by atoms with Gasteiger partial charge in [0.1, 0.15) is 6.10 Å². The molecule has 2 rings (SSSR count). The Hall–Kier alpha value is 0.0969. The summed E-state index contributed by atoms with van der Waals surface area (Å²) in [5.74, 6) is 0.507. The highest BCUT2D eigenvalue weighted by atomic mass is 28.4. The Kier molecular flexibility index (Phi) is 3.45. The molecule has 0 unspecified atom stereocenters. The molecule has 0 aromatic carbocycles. The van der Waals surface area contributed by atoms with Gasteiger partial charge in [-0.2, -0.15) is 0 Å². The van der Waals surface area contributed by atoms with Crippen LogP contribution >= 0.6 is 0 Å². The summed E-state index contributed by atoms with van der Waals surface area (Å²) in [6.07, 6.45) is 0.565. The fraction of sp³-hybridized carbons (Fsp3) is 1.00. The van der Waals surface area contributed by atoms with Gasteiger partial charge in [-0.25, -0.2) is 0 Å². The van der Waals surface area contributed by atoms with E-state index >= 15 is 0 Å². The molecule has 100 valence electrons. The minimum absolute atomic E-state index is 0.144. The van der Waals surface area contributed by atoms with Crippen LogP contribution in [-0.2, 0) is 13.9 Å². The lowest BCUT2D eigenvalue weighted by Gasteiger charge is -2.39. The van der Waals surface area contributed by atoms with Gasteiger partial charge >= 0.3 is 0 Å². The first-order valence-electron chi connectivity index (χ1n) is 6.63. The molecule has 0 saturated carbocycles. The van der Waals surface area contributed by atoms with Crippen LogP contribution in [0.15, 0.2) is 0 Å². The van der Waals surface area contributed by atoms with Crippen LogP contribution < -0.4 is 0 Å². The molecule has 2 aliphatic heterocycles. The van der Waals surface area contributed by atoms with Crippen molar-refractivity contribution in [1.82, 2.24) is 0 Å². The van der Waals surface area contributed by atoms with Crippen LogP contribution in [0.4, 0.5) is 0 Å². The Morgan fingerprint density at radius 2 is 1.65 bits per heavy atom. The number of rotatable bonds is 2. The monoisotopic (exact) mass is 258 g/mol. The van der Waals surface area contributed by atoms with Crippen LogP contribution in [0, 0.1) is 5.92 Å². The maximum atomic E-state index is 6.41. The van der Waals surface area contributed by atoms with Crippen LogP contribution in [0.5, 0.6) is 0 Å². The summed E-state index contributed by atoms with van der Waals surface area (Å²) in [5, 5.41) is 0.245. The smallest absolute Gasteiger partial charge is 0.192 e. The van der Waals surface area contributed by atoms with Gasteiger partial charge < -0.3 is 13.9 Å². The third-order valence-electron chi connectivity index (χ3n) is 4.51. The van der Waals surface area contributed by atoms with E-state index in [0.717, 1.165) is 6.61 Å². The lowest BCUT2D eigenvalue weighted by molar-refractivity contribution is 0.0234. The molecule has 0 N–H and O–H groups in total. The van der Waals surface area contributed by atoms with Crippen LogP contribution in [0.3, 0.4) is 0 Å². The van der Waals surface area contributed by atoms with Crippen molar-refractivity contribution in [2.45, 2.75) is 64.1 Å². The van der Waals surface area contributed by atoms with Crippen molar-refractivity contribution >= 4 is 8.32 Å². The molecule has 0 aromatic heterocycles. The van der Waals surface area contributed by atoms with Crippen LogP contribution in [0.2, 0.25) is 18.1 Å². The number of fused-ring (bicyclic) bond motifs is 1. The van der Waals surface area contributed by atoms with Crippen molar-refractivity contribution in [3.8, 4) is 0 Å². The van der Waals surface area contributed by atoms with E-state index in [9.17, 15) is 0 Å². The molecule has 0 radical (unpaired) electrons. The van der Waals surface area contributed by atoms with E-state index in [4.69, 9.17) is 13.9 Å². The van der Waals surface area contributed by atoms with Crippen molar-refractivity contribution in [1.29, 1.82) is 0 Å². The van der Waals surface area contributed by atoms with Gasteiger partial charge in [0.05, 0.1) is 25.4 Å². The highest BCUT2D eigenvalue weighted by Gasteiger charge is 2.49. The molecular weight excluding hydrogens is 232 g/mol. The lowest BCUT2D eigenvalue weighted by Crippen LogP contribution is -2.47. The first-order valence-corrected chi connectivity index (χ1v) is 9.54. The molecule has 4 heteroatoms. The van der Waals surface area contributed by atoms with Gasteiger partial charge in [0.2, 0.25) is 0 Å². The molecule has 4 atom stereocenters. The van der Waals surface area contributed by atoms with Crippen molar-refractivity contribution in [2.24, 2.45) is 5.92 Å². The zero-order chi connectivity index (χ0) is 12.8. The fourth-order valence-corrected chi connectivity index (χ4v) is 3.62. The molecule has 17 heavy (non-hydrogen) atoms. The Bertz CT molecular complexity index is 285. The Labute approximate surface area is 106 Å². The fourth-order valence-electron chi connectivity index (χ4n) is 2.31. The number of hydrogen-bond acceptors (Lipinski definition) is 3. The summed E-state index contributed by atoms with van der Waals surface area (Å²) in [6, 6.07) is 0. The van der Waals surface area contributed by atoms with E-state index < -0.39 is 8.32 Å². The Morgan fingerprint density at radius 1 is 1.06 bits per heavy atom. The largest absolute Gasteiger partial charge is 0.409 e. The standard InChI is InChI=1S/C13H26O3Si/c1-9-7-14-12-10(8-15-11(9)12)16-17(5,6)13(2,3)4/h9-12H,7-8H2,1-6H3/t9-,10-,11-,12+/m1/s1. The summed E-state index contributed by atoms with van der Waals surface area (Å²) in [7, 11) is -1.71. The quantitative estimate of drug-likeness (QED) is 0.713. The summed E-state index contributed by atoms with van der Waals surface area (Å²) < 4.78 is 18.1. The van der Waals surface area contributed by atoms with E-state index in [-0.39, 0.29) is 23.4 Å². The number of ether oxygens (including phenoxy) is 2. The molecule has 0 aromatic rings. The Balaban J connectivity index is 2.02. The maximum absolute atomic E-state index is 6.41. The van der Waals surface area contributed by atoms with E-state index in [0.29, 0.717) is 12.5 Å². The van der Waals surface area contributed by atoms with Gasteiger partial charge in [-0.1, -0.05) is 27.7 Å². The van der Waals surface area contributed by atoms with Crippen LogP contribution in [0.25, 0.3) is 0 Å². The molecule has 2 aliphatic rings. The predicted octanol–water partition coefficient (Wildman–Crippen LogP) is 2.81. The predicted molar refractivity (Wildman–Crippen MR) is 70.7 cm³/mol. The highest BCUT2D eigenvalue weighted by Crippen LogP contribution is 2.40. The molecule has 2 heterocycles. The second kappa shape index (κ2) is 4.33. The molecular formula is C13H26O3Si. The first-order chi connectivity index (χ1) is 7.72. The minimum atomic E-state index is -1.71. The number of hydrogen-bond donors (Lipinski definition) is 0.